The molecular formula is C30H27N7O. The molecule has 4 heterocycles. The molecule has 2 aromatic carbocycles. The second-order valence-electron chi connectivity index (χ2n) is 9.70. The number of rotatable bonds is 6. The van der Waals surface area contributed by atoms with Gasteiger partial charge in [-0.2, -0.15) is 5.26 Å². The Morgan fingerprint density at radius 1 is 0.974 bits per heavy atom. The van der Waals surface area contributed by atoms with E-state index in [1.807, 2.05) is 36.4 Å². The minimum atomic E-state index is -0.0606. The smallest absolute Gasteiger partial charge is 0.253 e. The Morgan fingerprint density at radius 3 is 2.53 bits per heavy atom. The van der Waals surface area contributed by atoms with Crippen LogP contribution < -0.4 is 10.6 Å². The molecule has 1 fully saturated rings. The van der Waals surface area contributed by atoms with E-state index < -0.39 is 0 Å². The zero-order valence-corrected chi connectivity index (χ0v) is 20.9. The van der Waals surface area contributed by atoms with Crippen LogP contribution in [0.2, 0.25) is 0 Å². The van der Waals surface area contributed by atoms with Crippen LogP contribution in [0.1, 0.15) is 40.3 Å². The van der Waals surface area contributed by atoms with Gasteiger partial charge >= 0.3 is 0 Å². The highest BCUT2D eigenvalue weighted by Gasteiger charge is 2.24. The molecule has 188 valence electrons. The van der Waals surface area contributed by atoms with Crippen molar-refractivity contribution in [3.05, 3.63) is 95.6 Å². The molecule has 2 aliphatic rings. The van der Waals surface area contributed by atoms with Gasteiger partial charge in [0, 0.05) is 43.0 Å². The zero-order valence-electron chi connectivity index (χ0n) is 20.9. The predicted octanol–water partition coefficient (Wildman–Crippen LogP) is 4.40. The fourth-order valence-electron chi connectivity index (χ4n) is 5.16. The second-order valence-corrected chi connectivity index (χ2v) is 9.70. The van der Waals surface area contributed by atoms with Crippen LogP contribution in [0.25, 0.3) is 22.4 Å². The summed E-state index contributed by atoms with van der Waals surface area (Å²) in [5.41, 5.74) is 6.67. The molecule has 4 aromatic rings. The number of nitriles is 1. The van der Waals surface area contributed by atoms with Gasteiger partial charge in [-0.25, -0.2) is 15.0 Å². The lowest BCUT2D eigenvalue weighted by Gasteiger charge is -2.32. The van der Waals surface area contributed by atoms with E-state index >= 15 is 0 Å². The first-order chi connectivity index (χ1) is 18.7. The number of benzene rings is 2. The summed E-state index contributed by atoms with van der Waals surface area (Å²) in [6, 6.07) is 24.8. The largest absolute Gasteiger partial charge is 0.367 e. The third kappa shape index (κ3) is 4.97. The molecule has 2 aromatic heterocycles. The highest BCUT2D eigenvalue weighted by molar-refractivity contribution is 6.00. The number of nitrogens with one attached hydrogen (secondary N) is 2. The van der Waals surface area contributed by atoms with Gasteiger partial charge in [0.1, 0.15) is 11.9 Å². The molecule has 2 aliphatic heterocycles. The van der Waals surface area contributed by atoms with Crippen molar-refractivity contribution in [1.29, 1.82) is 5.26 Å². The molecule has 1 saturated heterocycles. The molecule has 0 unspecified atom stereocenters. The topological polar surface area (TPSA) is 107 Å². The van der Waals surface area contributed by atoms with Crippen molar-refractivity contribution in [3.8, 4) is 28.5 Å². The van der Waals surface area contributed by atoms with Crippen LogP contribution in [0.5, 0.6) is 0 Å². The molecule has 1 amide bonds. The molecule has 6 rings (SSSR count). The average Bonchev–Trinajstić information content (AvgIpc) is 3.34. The van der Waals surface area contributed by atoms with Crippen LogP contribution in [0, 0.1) is 11.3 Å². The van der Waals surface area contributed by atoms with Crippen LogP contribution >= 0.6 is 0 Å². The van der Waals surface area contributed by atoms with Gasteiger partial charge in [0.2, 0.25) is 5.82 Å². The van der Waals surface area contributed by atoms with E-state index in [0.717, 1.165) is 60.6 Å². The Labute approximate surface area is 221 Å². The summed E-state index contributed by atoms with van der Waals surface area (Å²) in [5.74, 6) is 0.835. The van der Waals surface area contributed by atoms with Crippen molar-refractivity contribution in [2.24, 2.45) is 0 Å². The minimum absolute atomic E-state index is 0.0606. The number of amides is 1. The van der Waals surface area contributed by atoms with Crippen LogP contribution in [0.15, 0.2) is 72.9 Å². The maximum absolute atomic E-state index is 12.3. The number of fused-ring (bicyclic) bond motifs is 1. The SMILES string of the molecule is N#Cc1nccc(NC2CCN(Cc3ccc(-c4nc5c(cc4-c4ccccc4)C(=O)NC5)cc3)CC2)n1. The fraction of sp³-hybridized carbons (Fsp3) is 0.233. The molecule has 8 nitrogen and oxygen atoms in total. The standard InChI is InChI=1S/C30H27N7O/c31-17-28-32-13-10-27(36-28)34-23-11-14-37(15-12-23)19-20-6-8-22(9-7-20)29-24(21-4-2-1-3-5-21)16-25-26(35-29)18-33-30(25)38/h1-10,13,16,23H,11-12,14-15,18-19H2,(H,33,38)(H,32,34,36). The van der Waals surface area contributed by atoms with Crippen LogP contribution in [0.4, 0.5) is 5.82 Å². The lowest BCUT2D eigenvalue weighted by Crippen LogP contribution is -2.38. The third-order valence-electron chi connectivity index (χ3n) is 7.18. The van der Waals surface area contributed by atoms with E-state index in [0.29, 0.717) is 24.0 Å². The molecule has 0 saturated carbocycles. The molecule has 0 radical (unpaired) electrons. The molecule has 0 spiro atoms. The van der Waals surface area contributed by atoms with Gasteiger partial charge in [-0.05, 0) is 36.1 Å². The summed E-state index contributed by atoms with van der Waals surface area (Å²) in [7, 11) is 0. The summed E-state index contributed by atoms with van der Waals surface area (Å²) in [4.78, 5) is 27.8. The molecule has 38 heavy (non-hydrogen) atoms. The summed E-state index contributed by atoms with van der Waals surface area (Å²) < 4.78 is 0. The average molecular weight is 502 g/mol. The number of likely N-dealkylation sites (tertiary alicyclic amines) is 1. The van der Waals surface area contributed by atoms with Crippen molar-refractivity contribution in [1.82, 2.24) is 25.2 Å². The van der Waals surface area contributed by atoms with E-state index in [-0.39, 0.29) is 11.7 Å². The van der Waals surface area contributed by atoms with E-state index in [2.05, 4.69) is 61.9 Å². The van der Waals surface area contributed by atoms with Gasteiger partial charge in [0.05, 0.1) is 23.5 Å². The number of piperidine rings is 1. The van der Waals surface area contributed by atoms with Crippen molar-refractivity contribution in [2.45, 2.75) is 32.0 Å². The summed E-state index contributed by atoms with van der Waals surface area (Å²) in [6.07, 6.45) is 3.64. The molecular weight excluding hydrogens is 474 g/mol. The predicted molar refractivity (Wildman–Crippen MR) is 145 cm³/mol. The highest BCUT2D eigenvalue weighted by Crippen LogP contribution is 2.34. The molecule has 0 bridgehead atoms. The Kier molecular flexibility index (Phi) is 6.51. The van der Waals surface area contributed by atoms with Crippen molar-refractivity contribution in [2.75, 3.05) is 18.4 Å². The van der Waals surface area contributed by atoms with Crippen molar-refractivity contribution >= 4 is 11.7 Å². The number of anilines is 1. The molecule has 2 N–H and O–H groups in total. The molecule has 0 atom stereocenters. The Morgan fingerprint density at radius 2 is 1.76 bits per heavy atom. The summed E-state index contributed by atoms with van der Waals surface area (Å²) in [6.45, 7) is 3.33. The number of aromatic nitrogens is 3. The first-order valence-electron chi connectivity index (χ1n) is 12.8. The fourth-order valence-corrected chi connectivity index (χ4v) is 5.16. The van der Waals surface area contributed by atoms with Gasteiger partial charge in [0.15, 0.2) is 0 Å². The van der Waals surface area contributed by atoms with Crippen LogP contribution in [-0.2, 0) is 13.1 Å². The highest BCUT2D eigenvalue weighted by atomic mass is 16.1. The maximum atomic E-state index is 12.3. The summed E-state index contributed by atoms with van der Waals surface area (Å²) >= 11 is 0. The van der Waals surface area contributed by atoms with Gasteiger partial charge in [-0.3, -0.25) is 9.69 Å². The van der Waals surface area contributed by atoms with Crippen molar-refractivity contribution < 1.29 is 4.79 Å². The second kappa shape index (κ2) is 10.4. The lowest BCUT2D eigenvalue weighted by atomic mass is 9.96. The zero-order chi connectivity index (χ0) is 25.9. The van der Waals surface area contributed by atoms with E-state index in [4.69, 9.17) is 10.2 Å². The maximum Gasteiger partial charge on any atom is 0.253 e. The first kappa shape index (κ1) is 23.8. The van der Waals surface area contributed by atoms with Gasteiger partial charge in [-0.15, -0.1) is 0 Å². The minimum Gasteiger partial charge on any atom is -0.367 e. The Balaban J connectivity index is 1.14. The van der Waals surface area contributed by atoms with Gasteiger partial charge in [0.25, 0.3) is 5.91 Å². The molecule has 0 aliphatic carbocycles. The van der Waals surface area contributed by atoms with Crippen LogP contribution in [-0.4, -0.2) is 44.9 Å². The monoisotopic (exact) mass is 501 g/mol. The number of carbonyl (C=O) groups excluding carboxylic acids is 1. The van der Waals surface area contributed by atoms with Gasteiger partial charge < -0.3 is 10.6 Å². The van der Waals surface area contributed by atoms with E-state index in [1.54, 1.807) is 6.20 Å². The third-order valence-corrected chi connectivity index (χ3v) is 7.18. The number of hydrogen-bond donors (Lipinski definition) is 2. The van der Waals surface area contributed by atoms with E-state index in [9.17, 15) is 4.79 Å². The van der Waals surface area contributed by atoms with Gasteiger partial charge in [-0.1, -0.05) is 54.6 Å². The Hall–Kier alpha value is -4.61. The number of pyridine rings is 1. The van der Waals surface area contributed by atoms with Crippen molar-refractivity contribution in [3.63, 3.8) is 0 Å². The van der Waals surface area contributed by atoms with E-state index in [1.165, 1.54) is 5.56 Å². The number of hydrogen-bond acceptors (Lipinski definition) is 7. The Bertz CT molecular complexity index is 1500. The quantitative estimate of drug-likeness (QED) is 0.403. The molecule has 8 heteroatoms. The number of carbonyl (C=O) groups is 1. The number of nitrogens with zero attached hydrogens (tertiary/aromatic N) is 5. The van der Waals surface area contributed by atoms with Crippen LogP contribution in [0.3, 0.4) is 0 Å². The summed E-state index contributed by atoms with van der Waals surface area (Å²) in [5, 5.41) is 15.3. The lowest BCUT2D eigenvalue weighted by molar-refractivity contribution is 0.0966. The normalized spacial score (nSPS) is 15.5. The first-order valence-corrected chi connectivity index (χ1v) is 12.8.